The molecule has 0 spiro atoms. The third-order valence-electron chi connectivity index (χ3n) is 4.21. The molecule has 0 aliphatic carbocycles. The van der Waals surface area contributed by atoms with Crippen molar-refractivity contribution in [3.8, 4) is 11.5 Å². The summed E-state index contributed by atoms with van der Waals surface area (Å²) in [7, 11) is 0. The number of hydrogen-bond acceptors (Lipinski definition) is 6. The number of piperidine rings is 1. The molecule has 138 valence electrons. The van der Waals surface area contributed by atoms with Crippen LogP contribution in [0.5, 0.6) is 11.5 Å². The van der Waals surface area contributed by atoms with Crippen molar-refractivity contribution in [2.75, 3.05) is 26.3 Å². The third-order valence-corrected chi connectivity index (χ3v) is 4.21. The average molecular weight is 349 g/mol. The van der Waals surface area contributed by atoms with Gasteiger partial charge in [0.25, 0.3) is 0 Å². The summed E-state index contributed by atoms with van der Waals surface area (Å²) in [6.07, 6.45) is 3.31. The Hall–Kier alpha value is -2.02. The minimum Gasteiger partial charge on any atom is -0.486 e. The number of carbonyl (C=O) groups excluding carboxylic acids is 1. The highest BCUT2D eigenvalue weighted by Gasteiger charge is 2.26. The van der Waals surface area contributed by atoms with Crippen molar-refractivity contribution >= 4 is 6.09 Å². The number of carbonyl (C=O) groups is 1. The van der Waals surface area contributed by atoms with Crippen LogP contribution in [0.4, 0.5) is 4.79 Å². The zero-order valence-corrected chi connectivity index (χ0v) is 15.2. The molecule has 7 nitrogen and oxygen atoms in total. The van der Waals surface area contributed by atoms with Gasteiger partial charge in [0.1, 0.15) is 18.8 Å². The Labute approximate surface area is 148 Å². The lowest BCUT2D eigenvalue weighted by atomic mass is 10.1. The second-order valence-electron chi connectivity index (χ2n) is 7.44. The second-order valence-corrected chi connectivity index (χ2v) is 7.44. The van der Waals surface area contributed by atoms with E-state index in [1.807, 2.05) is 26.8 Å². The standard InChI is InChI=1S/C18H27N3O4/c1-18(2,3)25-17(22)21-6-4-13(5-7-21)19-11-14-10-15-16(12-20-14)24-9-8-23-15/h10,12-13,19H,4-9,11H2,1-3H3. The quantitative estimate of drug-likeness (QED) is 0.903. The first-order valence-electron chi connectivity index (χ1n) is 8.86. The average Bonchev–Trinajstić information content (AvgIpc) is 2.59. The Bertz CT molecular complexity index is 607. The van der Waals surface area contributed by atoms with Gasteiger partial charge in [-0.3, -0.25) is 4.98 Å². The highest BCUT2D eigenvalue weighted by molar-refractivity contribution is 5.68. The van der Waals surface area contributed by atoms with Gasteiger partial charge in [0.2, 0.25) is 0 Å². The summed E-state index contributed by atoms with van der Waals surface area (Å²) in [6.45, 7) is 8.91. The largest absolute Gasteiger partial charge is 0.486 e. The first-order valence-corrected chi connectivity index (χ1v) is 8.86. The Morgan fingerprint density at radius 2 is 1.96 bits per heavy atom. The second kappa shape index (κ2) is 7.47. The maximum Gasteiger partial charge on any atom is 0.410 e. The summed E-state index contributed by atoms with van der Waals surface area (Å²) in [5.41, 5.74) is 0.481. The summed E-state index contributed by atoms with van der Waals surface area (Å²) in [4.78, 5) is 18.3. The monoisotopic (exact) mass is 349 g/mol. The molecule has 7 heteroatoms. The molecule has 0 radical (unpaired) electrons. The lowest BCUT2D eigenvalue weighted by molar-refractivity contribution is 0.0198. The number of rotatable bonds is 3. The molecule has 1 saturated heterocycles. The molecule has 0 bridgehead atoms. The molecule has 25 heavy (non-hydrogen) atoms. The molecule has 0 unspecified atom stereocenters. The molecule has 3 heterocycles. The number of pyridine rings is 1. The Morgan fingerprint density at radius 1 is 1.28 bits per heavy atom. The number of ether oxygens (including phenoxy) is 3. The molecule has 1 aromatic rings. The van der Waals surface area contributed by atoms with Gasteiger partial charge in [-0.15, -0.1) is 0 Å². The maximum absolute atomic E-state index is 12.1. The zero-order chi connectivity index (χ0) is 17.9. The van der Waals surface area contributed by atoms with Crippen molar-refractivity contribution in [1.29, 1.82) is 0 Å². The lowest BCUT2D eigenvalue weighted by Gasteiger charge is -2.33. The van der Waals surface area contributed by atoms with Crippen molar-refractivity contribution < 1.29 is 19.0 Å². The molecule has 2 aliphatic heterocycles. The maximum atomic E-state index is 12.1. The van der Waals surface area contributed by atoms with E-state index in [0.717, 1.165) is 24.3 Å². The van der Waals surface area contributed by atoms with Gasteiger partial charge in [0, 0.05) is 31.7 Å². The topological polar surface area (TPSA) is 72.9 Å². The van der Waals surface area contributed by atoms with Gasteiger partial charge in [-0.05, 0) is 33.6 Å². The van der Waals surface area contributed by atoms with Gasteiger partial charge < -0.3 is 24.4 Å². The molecule has 0 atom stereocenters. The van der Waals surface area contributed by atoms with Crippen molar-refractivity contribution in [2.24, 2.45) is 0 Å². The predicted octanol–water partition coefficient (Wildman–Crippen LogP) is 2.34. The lowest BCUT2D eigenvalue weighted by Crippen LogP contribution is -2.46. The van der Waals surface area contributed by atoms with Crippen LogP contribution in [-0.4, -0.2) is 53.9 Å². The molecular formula is C18H27N3O4. The molecule has 0 saturated carbocycles. The SMILES string of the molecule is CC(C)(C)OC(=O)N1CCC(NCc2cc3c(cn2)OCCO3)CC1. The van der Waals surface area contributed by atoms with Gasteiger partial charge in [0.05, 0.1) is 11.9 Å². The molecule has 1 N–H and O–H groups in total. The van der Waals surface area contributed by atoms with E-state index in [-0.39, 0.29) is 6.09 Å². The number of aromatic nitrogens is 1. The number of fused-ring (bicyclic) bond motifs is 1. The van der Waals surface area contributed by atoms with E-state index in [2.05, 4.69) is 10.3 Å². The van der Waals surface area contributed by atoms with Crippen LogP contribution in [0.2, 0.25) is 0 Å². The van der Waals surface area contributed by atoms with Crippen molar-refractivity contribution in [3.05, 3.63) is 18.0 Å². The molecule has 1 aromatic heterocycles. The summed E-state index contributed by atoms with van der Waals surface area (Å²) in [5, 5.41) is 3.51. The van der Waals surface area contributed by atoms with E-state index >= 15 is 0 Å². The van der Waals surface area contributed by atoms with Gasteiger partial charge in [-0.2, -0.15) is 0 Å². The van der Waals surface area contributed by atoms with Crippen molar-refractivity contribution in [2.45, 2.75) is 51.8 Å². The van der Waals surface area contributed by atoms with Crippen LogP contribution in [0.1, 0.15) is 39.3 Å². The minimum absolute atomic E-state index is 0.223. The zero-order valence-electron chi connectivity index (χ0n) is 15.2. The summed E-state index contributed by atoms with van der Waals surface area (Å²) < 4.78 is 16.5. The van der Waals surface area contributed by atoms with Crippen LogP contribution in [-0.2, 0) is 11.3 Å². The molecule has 1 amide bonds. The highest BCUT2D eigenvalue weighted by atomic mass is 16.6. The van der Waals surface area contributed by atoms with Gasteiger partial charge in [-0.25, -0.2) is 4.79 Å². The van der Waals surface area contributed by atoms with Crippen LogP contribution in [0.15, 0.2) is 12.3 Å². The van der Waals surface area contributed by atoms with E-state index in [9.17, 15) is 4.79 Å². The first-order chi connectivity index (χ1) is 11.9. The summed E-state index contributed by atoms with van der Waals surface area (Å²) in [5.74, 6) is 1.47. The Balaban J connectivity index is 1.44. The summed E-state index contributed by atoms with van der Waals surface area (Å²) in [6, 6.07) is 2.30. The number of amides is 1. The fourth-order valence-corrected chi connectivity index (χ4v) is 2.93. The van der Waals surface area contributed by atoms with Gasteiger partial charge in [0.15, 0.2) is 11.5 Å². The highest BCUT2D eigenvalue weighted by Crippen LogP contribution is 2.29. The van der Waals surface area contributed by atoms with E-state index in [1.165, 1.54) is 0 Å². The predicted molar refractivity (Wildman–Crippen MR) is 92.9 cm³/mol. The van der Waals surface area contributed by atoms with Gasteiger partial charge in [-0.1, -0.05) is 0 Å². The van der Waals surface area contributed by atoms with E-state index in [4.69, 9.17) is 14.2 Å². The van der Waals surface area contributed by atoms with E-state index in [1.54, 1.807) is 11.1 Å². The fraction of sp³-hybridized carbons (Fsp3) is 0.667. The smallest absolute Gasteiger partial charge is 0.410 e. The number of nitrogens with one attached hydrogen (secondary N) is 1. The van der Waals surface area contributed by atoms with Crippen LogP contribution in [0.25, 0.3) is 0 Å². The van der Waals surface area contributed by atoms with Crippen LogP contribution in [0.3, 0.4) is 0 Å². The number of nitrogens with zero attached hydrogens (tertiary/aromatic N) is 2. The molecule has 0 aromatic carbocycles. The van der Waals surface area contributed by atoms with Crippen molar-refractivity contribution in [3.63, 3.8) is 0 Å². The van der Waals surface area contributed by atoms with Gasteiger partial charge >= 0.3 is 6.09 Å². The van der Waals surface area contributed by atoms with Crippen LogP contribution < -0.4 is 14.8 Å². The fourth-order valence-electron chi connectivity index (χ4n) is 2.93. The number of hydrogen-bond donors (Lipinski definition) is 1. The van der Waals surface area contributed by atoms with Crippen LogP contribution in [0, 0.1) is 0 Å². The van der Waals surface area contributed by atoms with Crippen molar-refractivity contribution in [1.82, 2.24) is 15.2 Å². The van der Waals surface area contributed by atoms with E-state index < -0.39 is 5.60 Å². The Kier molecular flexibility index (Phi) is 5.32. The van der Waals surface area contributed by atoms with Crippen LogP contribution >= 0.6 is 0 Å². The molecule has 2 aliphatic rings. The first kappa shape index (κ1) is 17.8. The van der Waals surface area contributed by atoms with E-state index in [0.29, 0.717) is 44.6 Å². The minimum atomic E-state index is -0.448. The molecule has 3 rings (SSSR count). The Morgan fingerprint density at radius 3 is 2.64 bits per heavy atom. The normalized spacial score (nSPS) is 18.1. The number of likely N-dealkylation sites (tertiary alicyclic amines) is 1. The molecular weight excluding hydrogens is 322 g/mol. The summed E-state index contributed by atoms with van der Waals surface area (Å²) >= 11 is 0. The third kappa shape index (κ3) is 4.98. The molecule has 1 fully saturated rings.